The number of nitrogens with zero attached hydrogens (tertiary/aromatic N) is 2. The lowest BCUT2D eigenvalue weighted by Crippen LogP contribution is -2.44. The Morgan fingerprint density at radius 3 is 2.81 bits per heavy atom. The molecular weight excluding hydrogens is 271 g/mol. The van der Waals surface area contributed by atoms with Gasteiger partial charge in [-0.05, 0) is 31.0 Å². The molecule has 2 atom stereocenters. The van der Waals surface area contributed by atoms with Crippen molar-refractivity contribution in [3.63, 3.8) is 0 Å². The molecule has 1 heterocycles. The first-order valence-corrected chi connectivity index (χ1v) is 7.46. The third kappa shape index (κ3) is 3.60. The van der Waals surface area contributed by atoms with Gasteiger partial charge in [0.15, 0.2) is 0 Å². The molecule has 0 aromatic heterocycles. The summed E-state index contributed by atoms with van der Waals surface area (Å²) < 4.78 is 19.0. The van der Waals surface area contributed by atoms with Crippen LogP contribution in [0.25, 0.3) is 0 Å². The van der Waals surface area contributed by atoms with Crippen LogP contribution < -0.4 is 4.90 Å². The molecule has 1 aliphatic heterocycles. The second-order valence-electron chi connectivity index (χ2n) is 5.36. The molecule has 1 aliphatic rings. The first-order chi connectivity index (χ1) is 10.1. The highest BCUT2D eigenvalue weighted by molar-refractivity contribution is 5.94. The molecule has 2 rings (SSSR count). The quantitative estimate of drug-likeness (QED) is 0.837. The minimum absolute atomic E-state index is 0.000176. The number of carbonyl (C=O) groups excluding carboxylic acids is 1. The minimum Gasteiger partial charge on any atom is -0.362 e. The molecule has 0 radical (unpaired) electrons. The molecule has 0 saturated carbocycles. The van der Waals surface area contributed by atoms with Crippen LogP contribution in [0.5, 0.6) is 0 Å². The van der Waals surface area contributed by atoms with Crippen LogP contribution in [-0.4, -0.2) is 43.3 Å². The number of carbonyl (C=O) groups is 1. The Morgan fingerprint density at radius 1 is 1.43 bits per heavy atom. The topological polar surface area (TPSA) is 32.8 Å². The summed E-state index contributed by atoms with van der Waals surface area (Å²) in [5.74, 6) is -0.391. The van der Waals surface area contributed by atoms with Gasteiger partial charge in [-0.2, -0.15) is 0 Å². The van der Waals surface area contributed by atoms with Gasteiger partial charge in [-0.25, -0.2) is 4.39 Å². The van der Waals surface area contributed by atoms with E-state index < -0.39 is 0 Å². The van der Waals surface area contributed by atoms with Crippen molar-refractivity contribution in [1.82, 2.24) is 4.90 Å². The van der Waals surface area contributed by atoms with Crippen LogP contribution in [0.2, 0.25) is 0 Å². The van der Waals surface area contributed by atoms with Gasteiger partial charge < -0.3 is 9.64 Å². The third-order valence-electron chi connectivity index (χ3n) is 4.03. The number of likely N-dealkylation sites (N-methyl/N-ethyl adjacent to an activating group) is 1. The fourth-order valence-electron chi connectivity index (χ4n) is 2.68. The first kappa shape index (κ1) is 15.9. The van der Waals surface area contributed by atoms with Crippen molar-refractivity contribution >= 4 is 11.6 Å². The molecule has 5 heteroatoms. The fraction of sp³-hybridized carbons (Fsp3) is 0.562. The minimum atomic E-state index is -0.338. The van der Waals surface area contributed by atoms with Gasteiger partial charge >= 0.3 is 0 Å². The van der Waals surface area contributed by atoms with Gasteiger partial charge in [0, 0.05) is 18.8 Å². The van der Waals surface area contributed by atoms with Crippen LogP contribution in [0.1, 0.15) is 26.7 Å². The van der Waals surface area contributed by atoms with E-state index in [1.54, 1.807) is 19.2 Å². The average Bonchev–Trinajstić information content (AvgIpc) is 2.88. The number of hydrogen-bond acceptors (Lipinski definition) is 3. The summed E-state index contributed by atoms with van der Waals surface area (Å²) in [6.45, 7) is 5.12. The highest BCUT2D eigenvalue weighted by Crippen LogP contribution is 2.22. The van der Waals surface area contributed by atoms with Crippen molar-refractivity contribution in [1.29, 1.82) is 0 Å². The average molecular weight is 294 g/mol. The monoisotopic (exact) mass is 294 g/mol. The molecule has 0 spiro atoms. The van der Waals surface area contributed by atoms with Crippen molar-refractivity contribution in [2.45, 2.75) is 39.0 Å². The van der Waals surface area contributed by atoms with Crippen LogP contribution in [0.3, 0.4) is 0 Å². The van der Waals surface area contributed by atoms with E-state index in [0.29, 0.717) is 18.8 Å². The zero-order chi connectivity index (χ0) is 15.4. The molecule has 0 bridgehead atoms. The molecule has 1 amide bonds. The Bertz CT molecular complexity index is 483. The maximum Gasteiger partial charge on any atom is 0.240 e. The van der Waals surface area contributed by atoms with Crippen LogP contribution in [0.4, 0.5) is 10.1 Å². The zero-order valence-corrected chi connectivity index (χ0v) is 12.9. The lowest BCUT2D eigenvalue weighted by Gasteiger charge is -2.28. The highest BCUT2D eigenvalue weighted by Gasteiger charge is 2.34. The Balaban J connectivity index is 2.06. The predicted molar refractivity (Wildman–Crippen MR) is 80.6 cm³/mol. The highest BCUT2D eigenvalue weighted by atomic mass is 19.1. The smallest absolute Gasteiger partial charge is 0.240 e. The number of hydrogen-bond donors (Lipinski definition) is 0. The number of ether oxygens (including phenoxy) is 1. The van der Waals surface area contributed by atoms with Crippen molar-refractivity contribution in [2.24, 2.45) is 0 Å². The van der Waals surface area contributed by atoms with Gasteiger partial charge in [0.25, 0.3) is 0 Å². The summed E-state index contributed by atoms with van der Waals surface area (Å²) in [7, 11) is 1.68. The van der Waals surface area contributed by atoms with E-state index in [1.807, 2.05) is 0 Å². The molecule has 116 valence electrons. The first-order valence-electron chi connectivity index (χ1n) is 7.46. The SMILES string of the molecule is CC[C@@H]1CO[C@H](CC)N1CC(=O)N(C)c1cccc(F)c1. The maximum atomic E-state index is 13.3. The lowest BCUT2D eigenvalue weighted by molar-refractivity contribution is -0.121. The van der Waals surface area contributed by atoms with E-state index in [-0.39, 0.29) is 24.0 Å². The van der Waals surface area contributed by atoms with E-state index in [1.165, 1.54) is 17.0 Å². The summed E-state index contributed by atoms with van der Waals surface area (Å²) in [5, 5.41) is 0. The number of halogens is 1. The summed E-state index contributed by atoms with van der Waals surface area (Å²) >= 11 is 0. The number of benzene rings is 1. The summed E-state index contributed by atoms with van der Waals surface area (Å²) in [4.78, 5) is 16.1. The van der Waals surface area contributed by atoms with Crippen molar-refractivity contribution in [3.8, 4) is 0 Å². The molecule has 1 fully saturated rings. The zero-order valence-electron chi connectivity index (χ0n) is 12.9. The Kier molecular flexibility index (Phi) is 5.31. The summed E-state index contributed by atoms with van der Waals surface area (Å²) in [6, 6.07) is 6.36. The van der Waals surface area contributed by atoms with Gasteiger partial charge in [0.05, 0.1) is 13.2 Å². The summed E-state index contributed by atoms with van der Waals surface area (Å²) in [5.41, 5.74) is 0.571. The molecule has 0 N–H and O–H groups in total. The van der Waals surface area contributed by atoms with Gasteiger partial charge in [0.2, 0.25) is 5.91 Å². The van der Waals surface area contributed by atoms with Crippen LogP contribution >= 0.6 is 0 Å². The normalized spacial score (nSPS) is 22.5. The molecule has 0 aliphatic carbocycles. The second-order valence-corrected chi connectivity index (χ2v) is 5.36. The van der Waals surface area contributed by atoms with Crippen molar-refractivity contribution in [2.75, 3.05) is 25.1 Å². The number of rotatable bonds is 5. The maximum absolute atomic E-state index is 13.3. The standard InChI is InChI=1S/C16H23FN2O2/c1-4-13-11-21-16(5-2)19(13)10-15(20)18(3)14-8-6-7-12(17)9-14/h6-9,13,16H,4-5,10-11H2,1-3H3/t13-,16-/m1/s1. The Morgan fingerprint density at radius 2 is 2.19 bits per heavy atom. The molecule has 1 aromatic rings. The molecule has 1 saturated heterocycles. The Labute approximate surface area is 125 Å². The third-order valence-corrected chi connectivity index (χ3v) is 4.03. The van der Waals surface area contributed by atoms with Gasteiger partial charge in [-0.3, -0.25) is 9.69 Å². The van der Waals surface area contributed by atoms with E-state index in [9.17, 15) is 9.18 Å². The van der Waals surface area contributed by atoms with E-state index >= 15 is 0 Å². The van der Waals surface area contributed by atoms with Gasteiger partial charge in [-0.15, -0.1) is 0 Å². The van der Waals surface area contributed by atoms with Crippen LogP contribution in [-0.2, 0) is 9.53 Å². The van der Waals surface area contributed by atoms with E-state index in [4.69, 9.17) is 4.74 Å². The summed E-state index contributed by atoms with van der Waals surface area (Å²) in [6.07, 6.45) is 1.81. The second kappa shape index (κ2) is 7.00. The number of anilines is 1. The molecular formula is C16H23FN2O2. The van der Waals surface area contributed by atoms with E-state index in [0.717, 1.165) is 12.8 Å². The fourth-order valence-corrected chi connectivity index (χ4v) is 2.68. The molecule has 0 unspecified atom stereocenters. The van der Waals surface area contributed by atoms with Gasteiger partial charge in [-0.1, -0.05) is 19.9 Å². The van der Waals surface area contributed by atoms with Crippen LogP contribution in [0, 0.1) is 5.82 Å². The van der Waals surface area contributed by atoms with E-state index in [2.05, 4.69) is 18.7 Å². The Hall–Kier alpha value is -1.46. The lowest BCUT2D eigenvalue weighted by atomic mass is 10.2. The molecule has 1 aromatic carbocycles. The van der Waals surface area contributed by atoms with Crippen LogP contribution in [0.15, 0.2) is 24.3 Å². The molecule has 4 nitrogen and oxygen atoms in total. The number of amides is 1. The van der Waals surface area contributed by atoms with Gasteiger partial charge in [0.1, 0.15) is 12.0 Å². The largest absolute Gasteiger partial charge is 0.362 e. The van der Waals surface area contributed by atoms with Crippen molar-refractivity contribution in [3.05, 3.63) is 30.1 Å². The van der Waals surface area contributed by atoms with Crippen molar-refractivity contribution < 1.29 is 13.9 Å². The predicted octanol–water partition coefficient (Wildman–Crippen LogP) is 2.64. The molecule has 21 heavy (non-hydrogen) atoms.